The molecule has 0 spiro atoms. The molecule has 0 saturated heterocycles. The van der Waals surface area contributed by atoms with E-state index in [0.29, 0.717) is 0 Å². The van der Waals surface area contributed by atoms with Crippen LogP contribution in [0.2, 0.25) is 0 Å². The van der Waals surface area contributed by atoms with Gasteiger partial charge < -0.3 is 5.11 Å². The fraction of sp³-hybridized carbons (Fsp3) is 0.500. The summed E-state index contributed by atoms with van der Waals surface area (Å²) in [6.07, 6.45) is 0. The minimum absolute atomic E-state index is 0.250. The maximum atomic E-state index is 7.57. The first-order valence-corrected chi connectivity index (χ1v) is 3.16. The molecule has 0 fully saturated rings. The van der Waals surface area contributed by atoms with Gasteiger partial charge in [-0.05, 0) is 6.92 Å². The monoisotopic (exact) mass is 104 g/mol. The lowest BCUT2D eigenvalue weighted by atomic mass is 10.9. The fourth-order valence-corrected chi connectivity index (χ4v) is 0. The van der Waals surface area contributed by atoms with Gasteiger partial charge in [-0.3, -0.25) is 0 Å². The summed E-state index contributed by atoms with van der Waals surface area (Å²) in [6, 6.07) is 0. The predicted octanol–water partition coefficient (Wildman–Crippen LogP) is -0.506. The molecule has 0 aliphatic rings. The highest BCUT2D eigenvalue weighted by molar-refractivity contribution is 6.16. The van der Waals surface area contributed by atoms with E-state index in [1.54, 1.807) is 6.92 Å². The van der Waals surface area contributed by atoms with E-state index in [1.165, 1.54) is 0 Å². The Hall–Kier alpha value is -0.0831. The van der Waals surface area contributed by atoms with Gasteiger partial charge in [0.25, 0.3) is 0 Å². The molecular weight excluding hydrogens is 92.1 g/mol. The van der Waals surface area contributed by atoms with Crippen LogP contribution in [0, 0.1) is 0 Å². The summed E-state index contributed by atoms with van der Waals surface area (Å²) in [5.74, 6) is 0. The van der Waals surface area contributed by atoms with Crippen LogP contribution in [-0.4, -0.2) is 22.0 Å². The molecule has 0 heterocycles. The molecule has 0 aliphatic carbocycles. The SMILES string of the molecule is C=C[SiH3].CCO. The second kappa shape index (κ2) is 20.5. The summed E-state index contributed by atoms with van der Waals surface area (Å²) >= 11 is 0. The average Bonchev–Trinajstić information content (AvgIpc) is 1.39. The molecule has 0 saturated carbocycles. The van der Waals surface area contributed by atoms with Gasteiger partial charge in [-0.25, -0.2) is 0 Å². The molecule has 1 nitrogen and oxygen atoms in total. The van der Waals surface area contributed by atoms with Crippen molar-refractivity contribution >= 4 is 10.2 Å². The zero-order valence-corrected chi connectivity index (χ0v) is 6.44. The Balaban J connectivity index is 0. The Morgan fingerprint density at radius 2 is 2.00 bits per heavy atom. The maximum Gasteiger partial charge on any atom is 0.0402 e. The lowest BCUT2D eigenvalue weighted by molar-refractivity contribution is 0.318. The molecule has 0 rings (SSSR count). The van der Waals surface area contributed by atoms with E-state index in [-0.39, 0.29) is 6.61 Å². The highest BCUT2D eigenvalue weighted by Crippen LogP contribution is 1.30. The van der Waals surface area contributed by atoms with Crippen molar-refractivity contribution in [1.82, 2.24) is 0 Å². The molecule has 0 aromatic rings. The molecular formula is C4H12OSi. The van der Waals surface area contributed by atoms with Crippen molar-refractivity contribution in [1.29, 1.82) is 0 Å². The van der Waals surface area contributed by atoms with Crippen molar-refractivity contribution < 1.29 is 5.11 Å². The standard InChI is InChI=1S/C2H6O.C2H6Si/c2*1-2-3/h3H,2H2,1H3;2H,1H2,3H3. The van der Waals surface area contributed by atoms with Crippen LogP contribution in [-0.2, 0) is 0 Å². The lowest BCUT2D eigenvalue weighted by Gasteiger charge is -1.52. The molecule has 0 aliphatic heterocycles. The van der Waals surface area contributed by atoms with Crippen molar-refractivity contribution in [2.75, 3.05) is 6.61 Å². The topological polar surface area (TPSA) is 20.2 Å². The fourth-order valence-electron chi connectivity index (χ4n) is 0. The maximum absolute atomic E-state index is 7.57. The van der Waals surface area contributed by atoms with E-state index in [4.69, 9.17) is 5.11 Å². The molecule has 0 aromatic carbocycles. The molecule has 0 unspecified atom stereocenters. The third-order valence-electron chi connectivity index (χ3n) is 0. The van der Waals surface area contributed by atoms with Gasteiger partial charge >= 0.3 is 0 Å². The number of aliphatic hydroxyl groups is 1. The van der Waals surface area contributed by atoms with Crippen LogP contribution >= 0.6 is 0 Å². The summed E-state index contributed by atoms with van der Waals surface area (Å²) in [4.78, 5) is 0. The zero-order chi connectivity index (χ0) is 5.41. The van der Waals surface area contributed by atoms with Crippen LogP contribution in [0.1, 0.15) is 6.92 Å². The van der Waals surface area contributed by atoms with Gasteiger partial charge in [0, 0.05) is 16.8 Å². The summed E-state index contributed by atoms with van der Waals surface area (Å²) in [5.41, 5.74) is 1.89. The quantitative estimate of drug-likeness (QED) is 0.411. The molecule has 0 bridgehead atoms. The van der Waals surface area contributed by atoms with Gasteiger partial charge in [0.2, 0.25) is 0 Å². The molecule has 6 heavy (non-hydrogen) atoms. The van der Waals surface area contributed by atoms with Gasteiger partial charge in [0.1, 0.15) is 0 Å². The van der Waals surface area contributed by atoms with Crippen LogP contribution in [0.25, 0.3) is 0 Å². The van der Waals surface area contributed by atoms with Crippen molar-refractivity contribution in [2.45, 2.75) is 6.92 Å². The Kier molecular flexibility index (Phi) is 31.9. The minimum Gasteiger partial charge on any atom is -0.397 e. The van der Waals surface area contributed by atoms with E-state index in [9.17, 15) is 0 Å². The molecule has 0 amide bonds. The highest BCUT2D eigenvalue weighted by atomic mass is 28.1. The molecule has 2 heteroatoms. The van der Waals surface area contributed by atoms with Crippen LogP contribution in [0.15, 0.2) is 12.3 Å². The molecule has 1 N–H and O–H groups in total. The second-order valence-electron chi connectivity index (χ2n) is 0.724. The third-order valence-corrected chi connectivity index (χ3v) is 0. The Labute approximate surface area is 42.1 Å². The van der Waals surface area contributed by atoms with Gasteiger partial charge in [0.15, 0.2) is 0 Å². The Morgan fingerprint density at radius 1 is 2.00 bits per heavy atom. The van der Waals surface area contributed by atoms with E-state index in [0.717, 1.165) is 10.2 Å². The average molecular weight is 104 g/mol. The number of hydrogen-bond acceptors (Lipinski definition) is 1. The van der Waals surface area contributed by atoms with Crippen molar-refractivity contribution in [3.8, 4) is 0 Å². The molecule has 0 aromatic heterocycles. The second-order valence-corrected chi connectivity index (χ2v) is 1.54. The van der Waals surface area contributed by atoms with E-state index in [1.807, 2.05) is 5.70 Å². The van der Waals surface area contributed by atoms with Crippen LogP contribution in [0.3, 0.4) is 0 Å². The van der Waals surface area contributed by atoms with E-state index >= 15 is 0 Å². The summed E-state index contributed by atoms with van der Waals surface area (Å²) in [6.45, 7) is 5.35. The third kappa shape index (κ3) is 4820. The van der Waals surface area contributed by atoms with Gasteiger partial charge in [-0.2, -0.15) is 0 Å². The van der Waals surface area contributed by atoms with Crippen LogP contribution in [0.4, 0.5) is 0 Å². The lowest BCUT2D eigenvalue weighted by Crippen LogP contribution is -1.57. The highest BCUT2D eigenvalue weighted by Gasteiger charge is 1.34. The minimum atomic E-state index is 0.250. The molecule has 0 radical (unpaired) electrons. The first-order valence-electron chi connectivity index (χ1n) is 2.01. The predicted molar refractivity (Wildman–Crippen MR) is 32.9 cm³/mol. The van der Waals surface area contributed by atoms with Crippen LogP contribution < -0.4 is 0 Å². The largest absolute Gasteiger partial charge is 0.397 e. The number of rotatable bonds is 0. The van der Waals surface area contributed by atoms with Crippen molar-refractivity contribution in [3.05, 3.63) is 12.3 Å². The zero-order valence-electron chi connectivity index (χ0n) is 4.44. The summed E-state index contributed by atoms with van der Waals surface area (Å²) < 4.78 is 0. The van der Waals surface area contributed by atoms with Gasteiger partial charge in [-0.15, -0.1) is 12.3 Å². The van der Waals surface area contributed by atoms with Gasteiger partial charge in [0.05, 0.1) is 0 Å². The first-order chi connectivity index (χ1) is 2.83. The summed E-state index contributed by atoms with van der Waals surface area (Å²) in [5, 5.41) is 7.57. The normalized spacial score (nSPS) is 5.67. The van der Waals surface area contributed by atoms with E-state index < -0.39 is 0 Å². The van der Waals surface area contributed by atoms with Crippen molar-refractivity contribution in [2.24, 2.45) is 0 Å². The molecule has 38 valence electrons. The number of hydrogen-bond donors (Lipinski definition) is 1. The van der Waals surface area contributed by atoms with Gasteiger partial charge in [-0.1, -0.05) is 0 Å². The van der Waals surface area contributed by atoms with Crippen LogP contribution in [0.5, 0.6) is 0 Å². The van der Waals surface area contributed by atoms with Crippen molar-refractivity contribution in [3.63, 3.8) is 0 Å². The molecule has 0 atom stereocenters. The Morgan fingerprint density at radius 3 is 2.00 bits per heavy atom. The Bertz CT molecular complexity index is 21.5. The summed E-state index contributed by atoms with van der Waals surface area (Å²) in [7, 11) is 1.13. The first kappa shape index (κ1) is 9.32. The smallest absolute Gasteiger partial charge is 0.0402 e. The van der Waals surface area contributed by atoms with E-state index in [2.05, 4.69) is 6.58 Å². The number of aliphatic hydroxyl groups excluding tert-OH is 1.